The van der Waals surface area contributed by atoms with Gasteiger partial charge in [-0.25, -0.2) is 0 Å². The van der Waals surface area contributed by atoms with Crippen LogP contribution in [0.4, 0.5) is 0 Å². The van der Waals surface area contributed by atoms with Gasteiger partial charge in [0.2, 0.25) is 5.30 Å². The summed E-state index contributed by atoms with van der Waals surface area (Å²) in [5.74, 6) is 0.111. The lowest BCUT2D eigenvalue weighted by molar-refractivity contribution is 0.479. The van der Waals surface area contributed by atoms with Crippen LogP contribution in [-0.4, -0.2) is 5.11 Å². The second kappa shape index (κ2) is 4.91. The summed E-state index contributed by atoms with van der Waals surface area (Å²) < 4.78 is 12.0. The highest BCUT2D eigenvalue weighted by atomic mass is 31.1. The van der Waals surface area contributed by atoms with Crippen LogP contribution in [0.15, 0.2) is 54.6 Å². The predicted molar refractivity (Wildman–Crippen MR) is 65.5 cm³/mol. The molecule has 0 aromatic heterocycles. The van der Waals surface area contributed by atoms with Gasteiger partial charge >= 0.3 is 7.80 Å². The molecule has 0 radical (unpaired) electrons. The van der Waals surface area contributed by atoms with Gasteiger partial charge in [-0.05, 0) is 12.1 Å². The molecule has 0 saturated carbocycles. The number of rotatable bonds is 3. The first-order valence-corrected chi connectivity index (χ1v) is 6.48. The first-order chi connectivity index (χ1) is 7.77. The molecule has 0 aliphatic heterocycles. The number of aromatic hydroxyl groups is 1. The van der Waals surface area contributed by atoms with E-state index in [-0.39, 0.29) is 5.75 Å². The minimum Gasteiger partial charge on any atom is -0.504 e. The molecule has 3 heteroatoms. The number of phenols is 1. The largest absolute Gasteiger partial charge is 0.504 e. The average molecular weight is 231 g/mol. The summed E-state index contributed by atoms with van der Waals surface area (Å²) in [5, 5.41) is 10.1. The van der Waals surface area contributed by atoms with E-state index in [0.29, 0.717) is 11.5 Å². The Kier molecular flexibility index (Phi) is 3.33. The third kappa shape index (κ3) is 2.47. The number of hydrogen-bond acceptors (Lipinski definition) is 2. The Labute approximate surface area is 95.4 Å². The maximum Gasteiger partial charge on any atom is 0.385 e. The van der Waals surface area contributed by atoms with Gasteiger partial charge in [-0.3, -0.25) is 0 Å². The molecule has 2 aromatic rings. The monoisotopic (exact) mass is 231 g/mol. The summed E-state index contributed by atoms with van der Waals surface area (Å²) in [6.45, 7) is 0. The van der Waals surface area contributed by atoms with Gasteiger partial charge in [0.25, 0.3) is 0 Å². The zero-order valence-electron chi connectivity index (χ0n) is 8.71. The minimum absolute atomic E-state index is 0.111. The van der Waals surface area contributed by atoms with E-state index in [2.05, 4.69) is 0 Å². The van der Waals surface area contributed by atoms with Gasteiger partial charge in [-0.1, -0.05) is 47.0 Å². The van der Waals surface area contributed by atoms with Crippen LogP contribution in [0.25, 0.3) is 0 Å². The van der Waals surface area contributed by atoms with Crippen LogP contribution in [0.5, 0.6) is 5.75 Å². The van der Waals surface area contributed by atoms with Gasteiger partial charge in [0, 0.05) is 5.56 Å². The highest BCUT2D eigenvalue weighted by molar-refractivity contribution is 7.52. The SMILES string of the molecule is O=[P+](Cc1ccccc1)c1ccccc1O. The maximum atomic E-state index is 12.0. The van der Waals surface area contributed by atoms with Gasteiger partial charge in [0.15, 0.2) is 11.9 Å². The highest BCUT2D eigenvalue weighted by Crippen LogP contribution is 2.29. The van der Waals surface area contributed by atoms with E-state index in [1.54, 1.807) is 24.3 Å². The molecule has 1 unspecified atom stereocenters. The Morgan fingerprint density at radius 3 is 2.25 bits per heavy atom. The van der Waals surface area contributed by atoms with Gasteiger partial charge in [0.05, 0.1) is 0 Å². The Balaban J connectivity index is 2.19. The van der Waals surface area contributed by atoms with Crippen molar-refractivity contribution >= 4 is 13.1 Å². The molecule has 1 atom stereocenters. The van der Waals surface area contributed by atoms with Crippen LogP contribution in [0.2, 0.25) is 0 Å². The fourth-order valence-corrected chi connectivity index (χ4v) is 2.80. The molecule has 0 saturated heterocycles. The maximum absolute atomic E-state index is 12.0. The molecule has 2 nitrogen and oxygen atoms in total. The molecule has 0 amide bonds. The average Bonchev–Trinajstić information content (AvgIpc) is 2.31. The summed E-state index contributed by atoms with van der Waals surface area (Å²) in [6, 6.07) is 16.4. The Bertz CT molecular complexity index is 494. The van der Waals surface area contributed by atoms with Crippen molar-refractivity contribution in [1.29, 1.82) is 0 Å². The second-order valence-corrected chi connectivity index (χ2v) is 5.07. The Hall–Kier alpha value is -1.66. The number of hydrogen-bond donors (Lipinski definition) is 1. The number of benzene rings is 2. The third-order valence-electron chi connectivity index (χ3n) is 2.32. The predicted octanol–water partition coefficient (Wildman–Crippen LogP) is 3.05. The zero-order valence-corrected chi connectivity index (χ0v) is 9.60. The second-order valence-electron chi connectivity index (χ2n) is 3.51. The first kappa shape index (κ1) is 10.8. The minimum atomic E-state index is -1.57. The normalized spacial score (nSPS) is 11.1. The molecule has 2 aromatic carbocycles. The van der Waals surface area contributed by atoms with E-state index < -0.39 is 7.80 Å². The standard InChI is InChI=1S/C13H11O2P/c14-12-8-4-5-9-13(12)16(15)10-11-6-2-1-3-7-11/h1-9H,10H2/p+1. The lowest BCUT2D eigenvalue weighted by Crippen LogP contribution is -1.97. The van der Waals surface area contributed by atoms with Crippen molar-refractivity contribution in [1.82, 2.24) is 0 Å². The molecule has 0 fully saturated rings. The number of para-hydroxylation sites is 1. The van der Waals surface area contributed by atoms with E-state index in [1.807, 2.05) is 30.3 Å². The van der Waals surface area contributed by atoms with Crippen LogP contribution < -0.4 is 5.30 Å². The van der Waals surface area contributed by atoms with E-state index in [9.17, 15) is 9.67 Å². The molecule has 80 valence electrons. The third-order valence-corrected chi connectivity index (χ3v) is 3.89. The quantitative estimate of drug-likeness (QED) is 0.824. The van der Waals surface area contributed by atoms with Crippen molar-refractivity contribution in [2.24, 2.45) is 0 Å². The van der Waals surface area contributed by atoms with E-state index in [0.717, 1.165) is 5.56 Å². The summed E-state index contributed by atoms with van der Waals surface area (Å²) in [5.41, 5.74) is 1.02. The molecule has 0 heterocycles. The summed E-state index contributed by atoms with van der Waals surface area (Å²) >= 11 is 0. The van der Waals surface area contributed by atoms with Crippen molar-refractivity contribution in [2.75, 3.05) is 0 Å². The molecular weight excluding hydrogens is 219 g/mol. The van der Waals surface area contributed by atoms with Crippen molar-refractivity contribution in [3.8, 4) is 5.75 Å². The summed E-state index contributed by atoms with van der Waals surface area (Å²) in [4.78, 5) is 0. The molecule has 0 spiro atoms. The van der Waals surface area contributed by atoms with Crippen molar-refractivity contribution in [2.45, 2.75) is 6.16 Å². The molecule has 1 N–H and O–H groups in total. The molecule has 16 heavy (non-hydrogen) atoms. The summed E-state index contributed by atoms with van der Waals surface area (Å²) in [7, 11) is -1.57. The topological polar surface area (TPSA) is 37.3 Å². The zero-order chi connectivity index (χ0) is 11.4. The van der Waals surface area contributed by atoms with Gasteiger partial charge in [0.1, 0.15) is 0 Å². The number of phenolic OH excluding ortho intramolecular Hbond substituents is 1. The fourth-order valence-electron chi connectivity index (χ4n) is 1.51. The van der Waals surface area contributed by atoms with E-state index >= 15 is 0 Å². The smallest absolute Gasteiger partial charge is 0.385 e. The van der Waals surface area contributed by atoms with Gasteiger partial charge < -0.3 is 5.11 Å². The van der Waals surface area contributed by atoms with Crippen LogP contribution in [0.1, 0.15) is 5.56 Å². The Morgan fingerprint density at radius 2 is 1.56 bits per heavy atom. The van der Waals surface area contributed by atoms with Crippen LogP contribution in [-0.2, 0) is 10.7 Å². The van der Waals surface area contributed by atoms with Crippen molar-refractivity contribution in [3.05, 3.63) is 60.2 Å². The first-order valence-electron chi connectivity index (χ1n) is 5.04. The lowest BCUT2D eigenvalue weighted by atomic mass is 10.2. The van der Waals surface area contributed by atoms with Crippen molar-refractivity contribution in [3.63, 3.8) is 0 Å². The molecule has 0 bridgehead atoms. The molecule has 0 aliphatic rings. The fraction of sp³-hybridized carbons (Fsp3) is 0.0769. The molecular formula is C13H12O2P+. The van der Waals surface area contributed by atoms with Crippen LogP contribution in [0.3, 0.4) is 0 Å². The van der Waals surface area contributed by atoms with Gasteiger partial charge in [-0.2, -0.15) is 0 Å². The summed E-state index contributed by atoms with van der Waals surface area (Å²) in [6.07, 6.45) is 0.466. The van der Waals surface area contributed by atoms with E-state index in [1.165, 1.54) is 0 Å². The van der Waals surface area contributed by atoms with Gasteiger partial charge in [-0.15, -0.1) is 0 Å². The van der Waals surface area contributed by atoms with E-state index in [4.69, 9.17) is 0 Å². The van der Waals surface area contributed by atoms with Crippen molar-refractivity contribution < 1.29 is 9.67 Å². The Morgan fingerprint density at radius 1 is 0.938 bits per heavy atom. The molecule has 2 rings (SSSR count). The van der Waals surface area contributed by atoms with Crippen LogP contribution >= 0.6 is 7.80 Å². The lowest BCUT2D eigenvalue weighted by Gasteiger charge is -1.94. The highest BCUT2D eigenvalue weighted by Gasteiger charge is 2.23. The molecule has 0 aliphatic carbocycles. The van der Waals surface area contributed by atoms with Crippen LogP contribution in [0, 0.1) is 0 Å².